The Kier molecular flexibility index (Phi) is 8.45. The van der Waals surface area contributed by atoms with Gasteiger partial charge in [-0.1, -0.05) is 19.3 Å². The lowest BCUT2D eigenvalue weighted by Gasteiger charge is -2.24. The van der Waals surface area contributed by atoms with Gasteiger partial charge in [-0.3, -0.25) is 4.79 Å². The predicted molar refractivity (Wildman–Crippen MR) is 84.7 cm³/mol. The second-order valence-corrected chi connectivity index (χ2v) is 5.65. The fourth-order valence-corrected chi connectivity index (χ4v) is 2.85. The van der Waals surface area contributed by atoms with Crippen LogP contribution in [0.3, 0.4) is 0 Å². The number of amides is 3. The minimum absolute atomic E-state index is 0. The molecule has 0 atom stereocenters. The largest absolute Gasteiger partial charge is 0.340 e. The second kappa shape index (κ2) is 9.84. The molecule has 1 saturated heterocycles. The molecule has 2 aliphatic rings. The minimum Gasteiger partial charge on any atom is -0.340 e. The van der Waals surface area contributed by atoms with Crippen LogP contribution < -0.4 is 16.0 Å². The Labute approximate surface area is 132 Å². The van der Waals surface area contributed by atoms with Crippen LogP contribution in [-0.4, -0.2) is 55.6 Å². The van der Waals surface area contributed by atoms with E-state index in [0.29, 0.717) is 0 Å². The number of hydrogen-bond donors (Lipinski definition) is 3. The summed E-state index contributed by atoms with van der Waals surface area (Å²) in [5.74, 6) is 0.00694. The van der Waals surface area contributed by atoms with Crippen LogP contribution in [0.2, 0.25) is 0 Å². The fraction of sp³-hybridized carbons (Fsp3) is 0.857. The summed E-state index contributed by atoms with van der Waals surface area (Å²) in [6.45, 7) is 3.39. The van der Waals surface area contributed by atoms with Gasteiger partial charge in [-0.15, -0.1) is 12.4 Å². The van der Waals surface area contributed by atoms with E-state index in [4.69, 9.17) is 0 Å². The second-order valence-electron chi connectivity index (χ2n) is 5.65. The molecule has 0 spiro atoms. The van der Waals surface area contributed by atoms with E-state index < -0.39 is 0 Å². The van der Waals surface area contributed by atoms with Crippen LogP contribution >= 0.6 is 12.4 Å². The molecule has 0 bridgehead atoms. The van der Waals surface area contributed by atoms with E-state index in [1.165, 1.54) is 19.3 Å². The van der Waals surface area contributed by atoms with Gasteiger partial charge in [0.2, 0.25) is 5.91 Å². The van der Waals surface area contributed by atoms with E-state index in [9.17, 15) is 9.59 Å². The van der Waals surface area contributed by atoms with Crippen molar-refractivity contribution in [3.8, 4) is 0 Å². The van der Waals surface area contributed by atoms with Gasteiger partial charge in [-0.2, -0.15) is 0 Å². The van der Waals surface area contributed by atoms with Crippen molar-refractivity contribution in [3.05, 3.63) is 0 Å². The Balaban J connectivity index is 0.00000220. The average Bonchev–Trinajstić information content (AvgIpc) is 2.75. The minimum atomic E-state index is -0.210. The number of carbonyl (C=O) groups excluding carboxylic acids is 2. The first-order valence-corrected chi connectivity index (χ1v) is 7.78. The SMILES string of the molecule is Cl.O=C(NCC(=O)N1CCCNCC1)NC1CCCCC1. The number of halogens is 1. The molecule has 7 heteroatoms. The van der Waals surface area contributed by atoms with Crippen LogP contribution in [0.1, 0.15) is 38.5 Å². The molecule has 1 aliphatic carbocycles. The normalized spacial score (nSPS) is 20.1. The zero-order valence-electron chi connectivity index (χ0n) is 12.5. The lowest BCUT2D eigenvalue weighted by atomic mass is 9.96. The van der Waals surface area contributed by atoms with Crippen molar-refractivity contribution in [3.63, 3.8) is 0 Å². The standard InChI is InChI=1S/C14H26N4O2.ClH/c19-13(18-9-4-7-15-8-10-18)11-16-14(20)17-12-5-2-1-3-6-12;/h12,15H,1-11H2,(H2,16,17,20);1H. The average molecular weight is 319 g/mol. The molecule has 6 nitrogen and oxygen atoms in total. The van der Waals surface area contributed by atoms with E-state index >= 15 is 0 Å². The van der Waals surface area contributed by atoms with Crippen molar-refractivity contribution in [2.75, 3.05) is 32.7 Å². The van der Waals surface area contributed by atoms with Crippen molar-refractivity contribution in [2.45, 2.75) is 44.6 Å². The van der Waals surface area contributed by atoms with Gasteiger partial charge < -0.3 is 20.9 Å². The number of nitrogens with zero attached hydrogens (tertiary/aromatic N) is 1. The van der Waals surface area contributed by atoms with Gasteiger partial charge in [-0.25, -0.2) is 4.79 Å². The first-order valence-electron chi connectivity index (χ1n) is 7.78. The predicted octanol–water partition coefficient (Wildman–Crippen LogP) is 0.862. The quantitative estimate of drug-likeness (QED) is 0.722. The van der Waals surface area contributed by atoms with E-state index in [1.807, 2.05) is 4.90 Å². The number of urea groups is 1. The van der Waals surface area contributed by atoms with Crippen molar-refractivity contribution in [2.24, 2.45) is 0 Å². The summed E-state index contributed by atoms with van der Waals surface area (Å²) in [5.41, 5.74) is 0. The molecular weight excluding hydrogens is 292 g/mol. The van der Waals surface area contributed by atoms with Gasteiger partial charge in [0.15, 0.2) is 0 Å². The molecule has 0 aromatic rings. The Bertz CT molecular complexity index is 327. The maximum atomic E-state index is 12.0. The maximum absolute atomic E-state index is 12.0. The van der Waals surface area contributed by atoms with Crippen LogP contribution in [0.4, 0.5) is 4.79 Å². The van der Waals surface area contributed by atoms with Gasteiger partial charge in [0.25, 0.3) is 0 Å². The summed E-state index contributed by atoms with van der Waals surface area (Å²) in [6.07, 6.45) is 6.72. The zero-order chi connectivity index (χ0) is 14.2. The highest BCUT2D eigenvalue weighted by atomic mass is 35.5. The molecule has 2 rings (SSSR count). The molecule has 1 saturated carbocycles. The highest BCUT2D eigenvalue weighted by Gasteiger charge is 2.18. The highest BCUT2D eigenvalue weighted by Crippen LogP contribution is 2.17. The maximum Gasteiger partial charge on any atom is 0.315 e. The number of nitrogens with one attached hydrogen (secondary N) is 3. The molecule has 2 fully saturated rings. The molecule has 1 aliphatic heterocycles. The summed E-state index contributed by atoms with van der Waals surface area (Å²) in [5, 5.41) is 8.90. The van der Waals surface area contributed by atoms with E-state index in [1.54, 1.807) is 0 Å². The highest BCUT2D eigenvalue weighted by molar-refractivity contribution is 5.85. The Morgan fingerprint density at radius 3 is 2.57 bits per heavy atom. The Morgan fingerprint density at radius 1 is 1.05 bits per heavy atom. The lowest BCUT2D eigenvalue weighted by molar-refractivity contribution is -0.129. The third-order valence-electron chi connectivity index (χ3n) is 4.03. The molecule has 3 N–H and O–H groups in total. The van der Waals surface area contributed by atoms with Crippen LogP contribution in [0.15, 0.2) is 0 Å². The number of rotatable bonds is 3. The third-order valence-corrected chi connectivity index (χ3v) is 4.03. The van der Waals surface area contributed by atoms with Gasteiger partial charge in [0.1, 0.15) is 0 Å². The first kappa shape index (κ1) is 18.0. The summed E-state index contributed by atoms with van der Waals surface area (Å²) in [6, 6.07) is 0.0689. The van der Waals surface area contributed by atoms with Crippen molar-refractivity contribution < 1.29 is 9.59 Å². The van der Waals surface area contributed by atoms with Gasteiger partial charge >= 0.3 is 6.03 Å². The molecule has 0 radical (unpaired) electrons. The molecule has 3 amide bonds. The number of hydrogen-bond acceptors (Lipinski definition) is 3. The van der Waals surface area contributed by atoms with Crippen LogP contribution in [0.25, 0.3) is 0 Å². The molecule has 0 aromatic carbocycles. The Hall–Kier alpha value is -1.01. The summed E-state index contributed by atoms with van der Waals surface area (Å²) in [4.78, 5) is 25.6. The fourth-order valence-electron chi connectivity index (χ4n) is 2.85. The van der Waals surface area contributed by atoms with Crippen LogP contribution in [-0.2, 0) is 4.79 Å². The monoisotopic (exact) mass is 318 g/mol. The van der Waals surface area contributed by atoms with Crippen LogP contribution in [0, 0.1) is 0 Å². The van der Waals surface area contributed by atoms with Crippen molar-refractivity contribution in [1.29, 1.82) is 0 Å². The zero-order valence-corrected chi connectivity index (χ0v) is 13.3. The molecule has 0 aromatic heterocycles. The van der Waals surface area contributed by atoms with Crippen LogP contribution in [0.5, 0.6) is 0 Å². The third kappa shape index (κ3) is 6.52. The smallest absolute Gasteiger partial charge is 0.315 e. The molecular formula is C14H27ClN4O2. The Morgan fingerprint density at radius 2 is 1.81 bits per heavy atom. The van der Waals surface area contributed by atoms with E-state index in [-0.39, 0.29) is 36.9 Å². The molecule has 0 unspecified atom stereocenters. The lowest BCUT2D eigenvalue weighted by Crippen LogP contribution is -2.47. The van der Waals surface area contributed by atoms with Gasteiger partial charge in [0, 0.05) is 25.7 Å². The molecule has 122 valence electrons. The molecule has 1 heterocycles. The van der Waals surface area contributed by atoms with Crippen molar-refractivity contribution in [1.82, 2.24) is 20.9 Å². The van der Waals surface area contributed by atoms with Gasteiger partial charge in [0.05, 0.1) is 6.54 Å². The number of carbonyl (C=O) groups is 2. The first-order chi connectivity index (χ1) is 9.75. The molecule has 21 heavy (non-hydrogen) atoms. The summed E-state index contributed by atoms with van der Waals surface area (Å²) in [7, 11) is 0. The summed E-state index contributed by atoms with van der Waals surface area (Å²) < 4.78 is 0. The van der Waals surface area contributed by atoms with E-state index in [0.717, 1.165) is 45.4 Å². The van der Waals surface area contributed by atoms with Crippen molar-refractivity contribution >= 4 is 24.3 Å². The van der Waals surface area contributed by atoms with Gasteiger partial charge in [-0.05, 0) is 25.8 Å². The summed E-state index contributed by atoms with van der Waals surface area (Å²) >= 11 is 0. The topological polar surface area (TPSA) is 73.5 Å². The van der Waals surface area contributed by atoms with E-state index in [2.05, 4.69) is 16.0 Å².